The molecule has 1 heterocycles. The van der Waals surface area contributed by atoms with Gasteiger partial charge in [0.15, 0.2) is 0 Å². The third-order valence-electron chi connectivity index (χ3n) is 4.08. The van der Waals surface area contributed by atoms with Crippen molar-refractivity contribution in [3.63, 3.8) is 0 Å². The van der Waals surface area contributed by atoms with Crippen LogP contribution in [0.15, 0.2) is 54.9 Å². The van der Waals surface area contributed by atoms with E-state index in [4.69, 9.17) is 9.47 Å². The van der Waals surface area contributed by atoms with Gasteiger partial charge in [-0.1, -0.05) is 12.1 Å². The van der Waals surface area contributed by atoms with E-state index in [2.05, 4.69) is 26.1 Å². The fourth-order valence-corrected chi connectivity index (χ4v) is 2.69. The number of ether oxygens (including phenoxy) is 2. The van der Waals surface area contributed by atoms with Crippen LogP contribution in [0.5, 0.6) is 11.5 Å². The molecule has 1 amide bonds. The quantitative estimate of drug-likeness (QED) is 0.348. The fraction of sp³-hybridized carbons (Fsp3) is 0.150. The summed E-state index contributed by atoms with van der Waals surface area (Å²) in [6.07, 6.45) is 1.14. The lowest BCUT2D eigenvalue weighted by Crippen LogP contribution is -2.30. The van der Waals surface area contributed by atoms with Gasteiger partial charge in [-0.2, -0.15) is 0 Å². The first-order valence-electron chi connectivity index (χ1n) is 9.22. The van der Waals surface area contributed by atoms with Gasteiger partial charge in [-0.15, -0.1) is 0 Å². The topological polar surface area (TPSA) is 141 Å². The minimum atomic E-state index is -0.644. The molecule has 3 rings (SSSR count). The van der Waals surface area contributed by atoms with Gasteiger partial charge in [-0.25, -0.2) is 9.97 Å². The van der Waals surface area contributed by atoms with Gasteiger partial charge in [0, 0.05) is 5.69 Å². The van der Waals surface area contributed by atoms with Crippen molar-refractivity contribution in [3.05, 3.63) is 70.5 Å². The maximum absolute atomic E-state index is 12.4. The largest absolute Gasteiger partial charge is 0.496 e. The first kappa shape index (κ1) is 21.3. The van der Waals surface area contributed by atoms with Crippen molar-refractivity contribution >= 4 is 28.9 Å². The van der Waals surface area contributed by atoms with Crippen molar-refractivity contribution in [2.24, 2.45) is 0 Å². The number of hydrazine groups is 1. The number of rotatable bonds is 9. The Morgan fingerprint density at radius 2 is 1.81 bits per heavy atom. The third kappa shape index (κ3) is 5.15. The zero-order valence-corrected chi connectivity index (χ0v) is 16.8. The maximum Gasteiger partial charge on any atom is 0.355 e. The Morgan fingerprint density at radius 3 is 2.48 bits per heavy atom. The van der Waals surface area contributed by atoms with E-state index in [1.54, 1.807) is 48.5 Å². The van der Waals surface area contributed by atoms with Crippen LogP contribution in [0.2, 0.25) is 0 Å². The van der Waals surface area contributed by atoms with Gasteiger partial charge in [0.25, 0.3) is 5.91 Å². The number of benzene rings is 2. The summed E-state index contributed by atoms with van der Waals surface area (Å²) < 4.78 is 10.5. The minimum absolute atomic E-state index is 0.0433. The third-order valence-corrected chi connectivity index (χ3v) is 4.08. The molecular weight excluding hydrogens is 404 g/mol. The van der Waals surface area contributed by atoms with E-state index in [0.717, 1.165) is 6.33 Å². The number of aromatic nitrogens is 2. The molecule has 0 aliphatic rings. The summed E-state index contributed by atoms with van der Waals surface area (Å²) in [5.41, 5.74) is 5.26. The number of hydrogen-bond donors (Lipinski definition) is 3. The molecule has 0 atom stereocenters. The lowest BCUT2D eigenvalue weighted by atomic mass is 10.2. The second-order valence-corrected chi connectivity index (χ2v) is 6.04. The smallest absolute Gasteiger partial charge is 0.355 e. The summed E-state index contributed by atoms with van der Waals surface area (Å²) in [4.78, 5) is 31.3. The summed E-state index contributed by atoms with van der Waals surface area (Å²) in [5, 5.41) is 14.6. The lowest BCUT2D eigenvalue weighted by Gasteiger charge is -2.12. The summed E-state index contributed by atoms with van der Waals surface area (Å²) in [6.45, 7) is 2.40. The molecule has 0 aliphatic heterocycles. The standard InChI is InChI=1S/C20H20N6O5/c1-3-31-14-10-8-13(9-11-14)23-18-17(26(28)29)19(22-12-21-18)24-25-20(27)15-6-4-5-7-16(15)30-2/h4-12H,3H2,1-2H3,(H,25,27)(H2,21,22,23,24). The number of hydrogen-bond acceptors (Lipinski definition) is 9. The monoisotopic (exact) mass is 424 g/mol. The molecule has 0 unspecified atom stereocenters. The highest BCUT2D eigenvalue weighted by atomic mass is 16.6. The summed E-state index contributed by atoms with van der Waals surface area (Å²) in [6, 6.07) is 13.4. The van der Waals surface area contributed by atoms with E-state index >= 15 is 0 Å². The SMILES string of the molecule is CCOc1ccc(Nc2ncnc(NNC(=O)c3ccccc3OC)c2[N+](=O)[O-])cc1. The van der Waals surface area contributed by atoms with Crippen LogP contribution in [-0.2, 0) is 0 Å². The average molecular weight is 424 g/mol. The van der Waals surface area contributed by atoms with Gasteiger partial charge in [0.05, 0.1) is 24.2 Å². The Kier molecular flexibility index (Phi) is 6.78. The number of para-hydroxylation sites is 1. The van der Waals surface area contributed by atoms with Gasteiger partial charge in [-0.3, -0.25) is 25.8 Å². The Hall–Kier alpha value is -4.41. The van der Waals surface area contributed by atoms with Crippen molar-refractivity contribution in [1.82, 2.24) is 15.4 Å². The van der Waals surface area contributed by atoms with E-state index in [9.17, 15) is 14.9 Å². The van der Waals surface area contributed by atoms with Crippen LogP contribution in [0.3, 0.4) is 0 Å². The molecule has 3 N–H and O–H groups in total. The van der Waals surface area contributed by atoms with Crippen molar-refractivity contribution in [1.29, 1.82) is 0 Å². The van der Waals surface area contributed by atoms with E-state index in [0.29, 0.717) is 23.8 Å². The first-order chi connectivity index (χ1) is 15.0. The zero-order valence-electron chi connectivity index (χ0n) is 16.8. The van der Waals surface area contributed by atoms with Crippen molar-refractivity contribution in [3.8, 4) is 11.5 Å². The average Bonchev–Trinajstić information content (AvgIpc) is 2.78. The molecule has 3 aromatic rings. The van der Waals surface area contributed by atoms with Crippen LogP contribution < -0.4 is 25.6 Å². The van der Waals surface area contributed by atoms with Crippen molar-refractivity contribution in [2.75, 3.05) is 24.5 Å². The molecule has 0 radical (unpaired) electrons. The molecule has 0 saturated heterocycles. The number of methoxy groups -OCH3 is 1. The van der Waals surface area contributed by atoms with Crippen LogP contribution in [0, 0.1) is 10.1 Å². The number of amides is 1. The maximum atomic E-state index is 12.4. The molecule has 11 nitrogen and oxygen atoms in total. The van der Waals surface area contributed by atoms with Gasteiger partial charge in [0.2, 0.25) is 11.6 Å². The Balaban J connectivity index is 1.80. The van der Waals surface area contributed by atoms with Crippen LogP contribution in [0.1, 0.15) is 17.3 Å². The molecule has 160 valence electrons. The van der Waals surface area contributed by atoms with E-state index in [1.165, 1.54) is 7.11 Å². The molecule has 0 bridgehead atoms. The predicted octanol–water partition coefficient (Wildman–Crippen LogP) is 3.29. The highest BCUT2D eigenvalue weighted by molar-refractivity contribution is 5.97. The summed E-state index contributed by atoms with van der Waals surface area (Å²) in [5.74, 6) is 0.254. The zero-order chi connectivity index (χ0) is 22.2. The highest BCUT2D eigenvalue weighted by Gasteiger charge is 2.24. The minimum Gasteiger partial charge on any atom is -0.496 e. The van der Waals surface area contributed by atoms with E-state index in [-0.39, 0.29) is 17.2 Å². The number of carbonyl (C=O) groups is 1. The highest BCUT2D eigenvalue weighted by Crippen LogP contribution is 2.31. The second-order valence-electron chi connectivity index (χ2n) is 6.04. The van der Waals surface area contributed by atoms with E-state index in [1.807, 2.05) is 6.92 Å². The van der Waals surface area contributed by atoms with Crippen LogP contribution in [-0.4, -0.2) is 34.5 Å². The number of nitrogens with one attached hydrogen (secondary N) is 3. The molecule has 31 heavy (non-hydrogen) atoms. The van der Waals surface area contributed by atoms with Crippen LogP contribution in [0.25, 0.3) is 0 Å². The molecular formula is C20H20N6O5. The normalized spacial score (nSPS) is 10.1. The Morgan fingerprint density at radius 1 is 1.10 bits per heavy atom. The molecule has 0 fully saturated rings. The molecule has 0 aliphatic carbocycles. The fourth-order valence-electron chi connectivity index (χ4n) is 2.69. The summed E-state index contributed by atoms with van der Waals surface area (Å²) in [7, 11) is 1.44. The van der Waals surface area contributed by atoms with Gasteiger partial charge < -0.3 is 14.8 Å². The van der Waals surface area contributed by atoms with Gasteiger partial charge >= 0.3 is 5.69 Å². The van der Waals surface area contributed by atoms with Crippen molar-refractivity contribution in [2.45, 2.75) is 6.92 Å². The first-order valence-corrected chi connectivity index (χ1v) is 9.22. The molecule has 2 aromatic carbocycles. The Bertz CT molecular complexity index is 1070. The number of carbonyl (C=O) groups excluding carboxylic acids is 1. The molecule has 1 aromatic heterocycles. The van der Waals surface area contributed by atoms with E-state index < -0.39 is 16.5 Å². The summed E-state index contributed by atoms with van der Waals surface area (Å²) >= 11 is 0. The van der Waals surface area contributed by atoms with Crippen LogP contribution in [0.4, 0.5) is 23.0 Å². The predicted molar refractivity (Wildman–Crippen MR) is 114 cm³/mol. The van der Waals surface area contributed by atoms with Gasteiger partial charge in [-0.05, 0) is 43.3 Å². The molecule has 0 spiro atoms. The number of nitro groups is 1. The second kappa shape index (κ2) is 9.87. The Labute approximate surface area is 177 Å². The number of anilines is 3. The molecule has 0 saturated carbocycles. The van der Waals surface area contributed by atoms with Crippen molar-refractivity contribution < 1.29 is 19.2 Å². The van der Waals surface area contributed by atoms with Crippen LogP contribution >= 0.6 is 0 Å². The lowest BCUT2D eigenvalue weighted by molar-refractivity contribution is -0.383. The number of nitrogens with zero attached hydrogens (tertiary/aromatic N) is 3. The molecule has 11 heteroatoms. The van der Waals surface area contributed by atoms with Gasteiger partial charge in [0.1, 0.15) is 17.8 Å².